The zero-order valence-corrected chi connectivity index (χ0v) is 34.2. The van der Waals surface area contributed by atoms with Crippen LogP contribution in [-0.4, -0.2) is 86.1 Å². The van der Waals surface area contributed by atoms with Crippen molar-refractivity contribution in [2.75, 3.05) is 6.61 Å². The van der Waals surface area contributed by atoms with Gasteiger partial charge in [0.05, 0.1) is 35.9 Å². The minimum absolute atomic E-state index is 0. The summed E-state index contributed by atoms with van der Waals surface area (Å²) in [4.78, 5) is 41.0. The SMILES string of the molecule is CC1=C2[C@@H](C)C(=O)[C@]3(C)C(O)CC4OCC4(O)C3[C@H](C)C(O)(CC1OC(=O)C(O)C(NC(=O)OC(C)(C)C)c1ccccc1)C2(C)C.[Ac]. The van der Waals surface area contributed by atoms with Crippen LogP contribution in [0.3, 0.4) is 0 Å². The Hall–Kier alpha value is -1.39. The molecule has 1 heterocycles. The van der Waals surface area contributed by atoms with Crippen molar-refractivity contribution in [1.82, 2.24) is 5.32 Å². The van der Waals surface area contributed by atoms with E-state index in [0.717, 1.165) is 0 Å². The second-order valence-electron chi connectivity index (χ2n) is 15.9. The maximum atomic E-state index is 14.5. The number of rotatable bonds is 5. The van der Waals surface area contributed by atoms with E-state index in [1.807, 2.05) is 13.8 Å². The number of fused-ring (bicyclic) bond motifs is 5. The Labute approximate surface area is 318 Å². The summed E-state index contributed by atoms with van der Waals surface area (Å²) in [5.41, 5.74) is -4.67. The largest absolute Gasteiger partial charge is 0.456 e. The van der Waals surface area contributed by atoms with Crippen molar-refractivity contribution >= 4 is 17.8 Å². The molecule has 0 spiro atoms. The van der Waals surface area contributed by atoms with Gasteiger partial charge in [0.25, 0.3) is 0 Å². The van der Waals surface area contributed by atoms with Crippen molar-refractivity contribution < 1.29 is 93.1 Å². The van der Waals surface area contributed by atoms with Gasteiger partial charge in [-0.05, 0) is 57.2 Å². The molecule has 3 aliphatic carbocycles. The van der Waals surface area contributed by atoms with Gasteiger partial charge in [-0.3, -0.25) is 4.79 Å². The van der Waals surface area contributed by atoms with Crippen LogP contribution >= 0.6 is 0 Å². The minimum atomic E-state index is -1.85. The molecule has 2 bridgehead atoms. The van der Waals surface area contributed by atoms with E-state index in [2.05, 4.69) is 5.32 Å². The Kier molecular flexibility index (Phi) is 10.9. The normalized spacial score (nSPS) is 38.4. The van der Waals surface area contributed by atoms with Gasteiger partial charge < -0.3 is 40.0 Å². The van der Waals surface area contributed by atoms with Crippen LogP contribution in [-0.2, 0) is 23.8 Å². The summed E-state index contributed by atoms with van der Waals surface area (Å²) in [5.74, 6) is -3.72. The molecule has 12 heteroatoms. The average molecular weight is 885 g/mol. The fourth-order valence-electron chi connectivity index (χ4n) is 9.40. The van der Waals surface area contributed by atoms with E-state index in [1.54, 1.807) is 78.8 Å². The molecule has 1 radical (unpaired) electrons. The number of nitrogens with one attached hydrogen (secondary N) is 1. The molecule has 0 aromatic heterocycles. The van der Waals surface area contributed by atoms with Gasteiger partial charge in [-0.2, -0.15) is 0 Å². The zero-order valence-electron chi connectivity index (χ0n) is 29.4. The number of hydrogen-bond acceptors (Lipinski definition) is 10. The first kappa shape index (κ1) is 39.4. The first-order chi connectivity index (χ1) is 21.6. The molecule has 4 aliphatic rings. The molecule has 1 aromatic carbocycles. The summed E-state index contributed by atoms with van der Waals surface area (Å²) in [6.45, 7) is 15.7. The van der Waals surface area contributed by atoms with Gasteiger partial charge in [0.2, 0.25) is 0 Å². The fourth-order valence-corrected chi connectivity index (χ4v) is 9.40. The number of benzene rings is 1. The molecule has 5 rings (SSSR count). The number of esters is 1. The molecule has 2 saturated carbocycles. The van der Waals surface area contributed by atoms with Gasteiger partial charge in [0, 0.05) is 74.2 Å². The third kappa shape index (κ3) is 6.13. The Bertz CT molecular complexity index is 1460. The van der Waals surface area contributed by atoms with Crippen molar-refractivity contribution in [3.8, 4) is 0 Å². The van der Waals surface area contributed by atoms with Crippen LogP contribution in [0.1, 0.15) is 86.8 Å². The van der Waals surface area contributed by atoms with Crippen LogP contribution in [0.25, 0.3) is 0 Å². The van der Waals surface area contributed by atoms with Crippen LogP contribution in [0.2, 0.25) is 0 Å². The number of ether oxygens (including phenoxy) is 3. The second kappa shape index (κ2) is 13.3. The first-order valence-corrected chi connectivity index (χ1v) is 16.5. The average Bonchev–Trinajstić information content (AvgIpc) is 2.98. The first-order valence-electron chi connectivity index (χ1n) is 16.5. The summed E-state index contributed by atoms with van der Waals surface area (Å²) < 4.78 is 17.0. The Morgan fingerprint density at radius 3 is 2.23 bits per heavy atom. The van der Waals surface area contributed by atoms with Crippen molar-refractivity contribution in [2.45, 2.75) is 122 Å². The quantitative estimate of drug-likeness (QED) is 0.218. The van der Waals surface area contributed by atoms with Gasteiger partial charge in [-0.1, -0.05) is 58.0 Å². The van der Waals surface area contributed by atoms with Crippen molar-refractivity contribution in [2.24, 2.45) is 28.6 Å². The van der Waals surface area contributed by atoms with Gasteiger partial charge in [0.15, 0.2) is 6.10 Å². The Balaban J connectivity index is 0.00000520. The molecule has 11 nitrogen and oxygen atoms in total. The maximum absolute atomic E-state index is 14.5. The standard InChI is InChI=1S/C36H51NO10.Ac/c1-18-22(46-30(41)27(39)26(21-13-11-10-12-14-21)37-31(42)47-32(4,5)6)16-36(44)20(3)28-34(9,23(38)15-24-35(28,43)17-45-24)29(40)19(2)25(18)33(36,7)8;/h10-14,19-20,22-24,26-28,38-39,43-44H,15-17H2,1-9H3,(H,37,42);/t19-,20+,22?,23?,24?,26?,27?,28?,34-,35?,36?;/m1./s1. The number of ketones is 1. The van der Waals surface area contributed by atoms with E-state index in [9.17, 15) is 34.8 Å². The smallest absolute Gasteiger partial charge is 0.408 e. The monoisotopic (exact) mass is 884 g/mol. The van der Waals surface area contributed by atoms with Crippen LogP contribution in [0.5, 0.6) is 0 Å². The predicted molar refractivity (Wildman–Crippen MR) is 171 cm³/mol. The van der Waals surface area contributed by atoms with E-state index in [4.69, 9.17) is 14.2 Å². The number of hydrogen-bond donors (Lipinski definition) is 5. The minimum Gasteiger partial charge on any atom is -0.456 e. The van der Waals surface area contributed by atoms with Crippen molar-refractivity contribution in [3.05, 3.63) is 47.0 Å². The van der Waals surface area contributed by atoms with Gasteiger partial charge >= 0.3 is 12.1 Å². The number of aliphatic hydroxyl groups excluding tert-OH is 2. The van der Waals surface area contributed by atoms with Crippen molar-refractivity contribution in [1.29, 1.82) is 0 Å². The molecule has 1 amide bonds. The maximum Gasteiger partial charge on any atom is 0.408 e. The number of aliphatic hydroxyl groups is 4. The van der Waals surface area contributed by atoms with Gasteiger partial charge in [-0.25, -0.2) is 9.59 Å². The predicted octanol–water partition coefficient (Wildman–Crippen LogP) is 3.37. The molecule has 1 aromatic rings. The topological polar surface area (TPSA) is 172 Å². The van der Waals surface area contributed by atoms with Crippen LogP contribution < -0.4 is 5.32 Å². The molecule has 5 N–H and O–H groups in total. The summed E-state index contributed by atoms with van der Waals surface area (Å²) in [5, 5.41) is 50.2. The van der Waals surface area contributed by atoms with E-state index in [1.165, 1.54) is 0 Å². The third-order valence-electron chi connectivity index (χ3n) is 11.8. The van der Waals surface area contributed by atoms with Crippen LogP contribution in [0.15, 0.2) is 41.5 Å². The molecule has 1 aliphatic heterocycles. The molecule has 8 unspecified atom stereocenters. The number of Topliss-reactive ketones (excluding diaryl/α,β-unsaturated/α-hetero) is 1. The Morgan fingerprint density at radius 1 is 1.08 bits per heavy atom. The van der Waals surface area contributed by atoms with Gasteiger partial charge in [-0.15, -0.1) is 0 Å². The number of alkyl carbamates (subject to hydrolysis) is 1. The second-order valence-corrected chi connectivity index (χ2v) is 15.9. The summed E-state index contributed by atoms with van der Waals surface area (Å²) in [7, 11) is 0. The summed E-state index contributed by atoms with van der Waals surface area (Å²) >= 11 is 0. The van der Waals surface area contributed by atoms with E-state index < -0.39 is 87.9 Å². The molecule has 3 fully saturated rings. The van der Waals surface area contributed by atoms with E-state index >= 15 is 0 Å². The van der Waals surface area contributed by atoms with Crippen molar-refractivity contribution in [3.63, 3.8) is 0 Å². The molecular weight excluding hydrogens is 833 g/mol. The number of amides is 1. The van der Waals surface area contributed by atoms with E-state index in [-0.39, 0.29) is 69.3 Å². The van der Waals surface area contributed by atoms with E-state index in [0.29, 0.717) is 16.7 Å². The Morgan fingerprint density at radius 2 is 1.69 bits per heavy atom. The number of carbonyl (C=O) groups is 3. The molecule has 1 saturated heterocycles. The molecular formula is C36H51AcNO10. The van der Waals surface area contributed by atoms with Crippen LogP contribution in [0.4, 0.5) is 4.79 Å². The third-order valence-corrected chi connectivity index (χ3v) is 11.8. The number of carbonyl (C=O) groups excluding carboxylic acids is 3. The van der Waals surface area contributed by atoms with Gasteiger partial charge in [0.1, 0.15) is 23.1 Å². The summed E-state index contributed by atoms with van der Waals surface area (Å²) in [6, 6.07) is 7.27. The molecule has 263 valence electrons. The molecule has 11 atom stereocenters. The molecule has 48 heavy (non-hydrogen) atoms. The zero-order chi connectivity index (χ0) is 35.1. The fraction of sp³-hybridized carbons (Fsp3) is 0.694. The van der Waals surface area contributed by atoms with Crippen LogP contribution in [0, 0.1) is 72.6 Å². The summed E-state index contributed by atoms with van der Waals surface area (Å²) in [6.07, 6.45) is -5.48.